The molecule has 2 aromatic heterocycles. The van der Waals surface area contributed by atoms with Crippen LogP contribution < -0.4 is 4.57 Å². The van der Waals surface area contributed by atoms with Crippen LogP contribution in [0.15, 0.2) is 61.2 Å². The Labute approximate surface area is 100 Å². The average Bonchev–Trinajstić information content (AvgIpc) is 2.39. The molecule has 0 aliphatic carbocycles. The van der Waals surface area contributed by atoms with Gasteiger partial charge in [0.25, 0.3) is 0 Å². The van der Waals surface area contributed by atoms with Crippen LogP contribution in [0.25, 0.3) is 21.9 Å². The quantitative estimate of drug-likeness (QED) is 0.577. The van der Waals surface area contributed by atoms with Gasteiger partial charge < -0.3 is 0 Å². The first-order valence-corrected chi connectivity index (χ1v) is 5.62. The van der Waals surface area contributed by atoms with E-state index in [0.717, 1.165) is 0 Å². The third-order valence-electron chi connectivity index (χ3n) is 2.93. The van der Waals surface area contributed by atoms with Crippen molar-refractivity contribution in [2.75, 3.05) is 0 Å². The molecular formula is C15H13N2+. The highest BCUT2D eigenvalue weighted by molar-refractivity contribution is 5.85. The van der Waals surface area contributed by atoms with E-state index in [2.05, 4.69) is 46.2 Å². The highest BCUT2D eigenvalue weighted by Gasteiger charge is 2.02. The van der Waals surface area contributed by atoms with Gasteiger partial charge in [0.2, 0.25) is 0 Å². The second kappa shape index (κ2) is 3.98. The Morgan fingerprint density at radius 1 is 0.882 bits per heavy atom. The van der Waals surface area contributed by atoms with Crippen LogP contribution in [-0.4, -0.2) is 4.98 Å². The normalized spacial score (nSPS) is 10.6. The van der Waals surface area contributed by atoms with Gasteiger partial charge in [0.15, 0.2) is 12.4 Å². The summed E-state index contributed by atoms with van der Waals surface area (Å²) in [5.74, 6) is 0. The molecule has 0 N–H and O–H groups in total. The van der Waals surface area contributed by atoms with Gasteiger partial charge in [-0.2, -0.15) is 0 Å². The van der Waals surface area contributed by atoms with Gasteiger partial charge in [-0.15, -0.1) is 0 Å². The maximum atomic E-state index is 4.04. The van der Waals surface area contributed by atoms with Gasteiger partial charge in [-0.05, 0) is 34.7 Å². The molecule has 1 aromatic carbocycles. The molecule has 2 heteroatoms. The lowest BCUT2D eigenvalue weighted by atomic mass is 10.0. The summed E-state index contributed by atoms with van der Waals surface area (Å²) < 4.78 is 2.07. The summed E-state index contributed by atoms with van der Waals surface area (Å²) in [4.78, 5) is 4.04. The van der Waals surface area contributed by atoms with E-state index in [0.29, 0.717) is 0 Å². The van der Waals surface area contributed by atoms with Crippen molar-refractivity contribution in [3.05, 3.63) is 61.2 Å². The number of benzene rings is 1. The minimum absolute atomic E-state index is 1.20. The van der Waals surface area contributed by atoms with Crippen LogP contribution >= 0.6 is 0 Å². The van der Waals surface area contributed by atoms with Crippen LogP contribution in [0.3, 0.4) is 0 Å². The van der Waals surface area contributed by atoms with Crippen molar-refractivity contribution in [1.29, 1.82) is 0 Å². The van der Waals surface area contributed by atoms with Gasteiger partial charge in [0.1, 0.15) is 7.05 Å². The van der Waals surface area contributed by atoms with Crippen LogP contribution in [0.5, 0.6) is 0 Å². The van der Waals surface area contributed by atoms with E-state index in [9.17, 15) is 0 Å². The van der Waals surface area contributed by atoms with Crippen LogP contribution in [-0.2, 0) is 7.05 Å². The Morgan fingerprint density at radius 2 is 1.71 bits per heavy atom. The van der Waals surface area contributed by atoms with Gasteiger partial charge in [0, 0.05) is 23.8 Å². The van der Waals surface area contributed by atoms with Crippen LogP contribution in [0.2, 0.25) is 0 Å². The summed E-state index contributed by atoms with van der Waals surface area (Å²) >= 11 is 0. The highest BCUT2D eigenvalue weighted by atomic mass is 14.9. The molecule has 2 nitrogen and oxygen atoms in total. The van der Waals surface area contributed by atoms with Gasteiger partial charge in [-0.1, -0.05) is 12.1 Å². The molecule has 17 heavy (non-hydrogen) atoms. The molecular weight excluding hydrogens is 208 g/mol. The number of pyridine rings is 2. The molecule has 3 rings (SSSR count). The van der Waals surface area contributed by atoms with Gasteiger partial charge in [-0.25, -0.2) is 4.57 Å². The summed E-state index contributed by atoms with van der Waals surface area (Å²) in [6.45, 7) is 0. The topological polar surface area (TPSA) is 16.8 Å². The zero-order valence-electron chi connectivity index (χ0n) is 9.67. The molecule has 0 aliphatic heterocycles. The molecule has 0 fully saturated rings. The van der Waals surface area contributed by atoms with E-state index < -0.39 is 0 Å². The maximum absolute atomic E-state index is 4.04. The number of hydrogen-bond acceptors (Lipinski definition) is 1. The molecule has 82 valence electrons. The first-order valence-electron chi connectivity index (χ1n) is 5.62. The Morgan fingerprint density at radius 3 is 2.53 bits per heavy atom. The van der Waals surface area contributed by atoms with Crippen molar-refractivity contribution in [3.8, 4) is 11.1 Å². The standard InChI is InChI=1S/C15H13N2/c1-17-9-6-12-2-3-14(10-15(12)11-17)13-4-7-16-8-5-13/h2-11H,1H3/q+1. The Kier molecular flexibility index (Phi) is 2.33. The number of fused-ring (bicyclic) bond motifs is 1. The Hall–Kier alpha value is -2.22. The first-order chi connectivity index (χ1) is 8.33. The molecule has 0 radical (unpaired) electrons. The van der Waals surface area contributed by atoms with Crippen molar-refractivity contribution in [3.63, 3.8) is 0 Å². The Balaban J connectivity index is 2.19. The number of rotatable bonds is 1. The molecule has 0 saturated carbocycles. The van der Waals surface area contributed by atoms with Crippen LogP contribution in [0.4, 0.5) is 0 Å². The fourth-order valence-corrected chi connectivity index (χ4v) is 2.02. The number of hydrogen-bond donors (Lipinski definition) is 0. The van der Waals surface area contributed by atoms with E-state index in [1.807, 2.05) is 31.6 Å². The lowest BCUT2D eigenvalue weighted by Gasteiger charge is -2.02. The maximum Gasteiger partial charge on any atom is 0.176 e. The summed E-state index contributed by atoms with van der Waals surface area (Å²) in [5, 5.41) is 2.52. The zero-order valence-corrected chi connectivity index (χ0v) is 9.67. The average molecular weight is 221 g/mol. The zero-order chi connectivity index (χ0) is 11.7. The molecule has 0 unspecified atom stereocenters. The predicted molar refractivity (Wildman–Crippen MR) is 68.4 cm³/mol. The smallest absolute Gasteiger partial charge is 0.176 e. The molecule has 0 saturated heterocycles. The second-order valence-electron chi connectivity index (χ2n) is 4.19. The minimum atomic E-state index is 1.20. The molecule has 3 aromatic rings. The van der Waals surface area contributed by atoms with Crippen molar-refractivity contribution in [1.82, 2.24) is 4.98 Å². The lowest BCUT2D eigenvalue weighted by molar-refractivity contribution is -0.670. The molecule has 0 spiro atoms. The fraction of sp³-hybridized carbons (Fsp3) is 0.0667. The SMILES string of the molecule is C[n+]1ccc2ccc(-c3ccncc3)cc2c1. The largest absolute Gasteiger partial charge is 0.265 e. The minimum Gasteiger partial charge on any atom is -0.265 e. The van der Waals surface area contributed by atoms with Crippen molar-refractivity contribution in [2.24, 2.45) is 7.05 Å². The second-order valence-corrected chi connectivity index (χ2v) is 4.19. The van der Waals surface area contributed by atoms with E-state index in [1.54, 1.807) is 0 Å². The molecule has 0 aliphatic rings. The number of aromatic nitrogens is 2. The lowest BCUT2D eigenvalue weighted by Crippen LogP contribution is -2.25. The van der Waals surface area contributed by atoms with E-state index >= 15 is 0 Å². The van der Waals surface area contributed by atoms with Gasteiger partial charge in [-0.3, -0.25) is 4.98 Å². The van der Waals surface area contributed by atoms with Crippen LogP contribution in [0, 0.1) is 0 Å². The molecule has 2 heterocycles. The monoisotopic (exact) mass is 221 g/mol. The number of nitrogens with zero attached hydrogens (tertiary/aromatic N) is 2. The highest BCUT2D eigenvalue weighted by Crippen LogP contribution is 2.22. The van der Waals surface area contributed by atoms with Crippen molar-refractivity contribution in [2.45, 2.75) is 0 Å². The van der Waals surface area contributed by atoms with E-state index in [1.165, 1.54) is 21.9 Å². The van der Waals surface area contributed by atoms with Crippen molar-refractivity contribution < 1.29 is 4.57 Å². The predicted octanol–water partition coefficient (Wildman–Crippen LogP) is 2.73. The summed E-state index contributed by atoms with van der Waals surface area (Å²) in [7, 11) is 2.04. The Bertz CT molecular complexity index is 660. The third-order valence-corrected chi connectivity index (χ3v) is 2.93. The van der Waals surface area contributed by atoms with E-state index in [4.69, 9.17) is 0 Å². The van der Waals surface area contributed by atoms with E-state index in [-0.39, 0.29) is 0 Å². The summed E-state index contributed by atoms with van der Waals surface area (Å²) in [6, 6.07) is 12.7. The van der Waals surface area contributed by atoms with Gasteiger partial charge in [0.05, 0.1) is 0 Å². The number of aryl methyl sites for hydroxylation is 1. The molecule has 0 amide bonds. The first kappa shape index (κ1) is 9.97. The van der Waals surface area contributed by atoms with Crippen LogP contribution in [0.1, 0.15) is 0 Å². The van der Waals surface area contributed by atoms with Crippen molar-refractivity contribution >= 4 is 10.8 Å². The molecule has 0 bridgehead atoms. The summed E-state index contributed by atoms with van der Waals surface area (Å²) in [6.07, 6.45) is 7.85. The fourth-order valence-electron chi connectivity index (χ4n) is 2.02. The molecule has 0 atom stereocenters. The van der Waals surface area contributed by atoms with Gasteiger partial charge >= 0.3 is 0 Å². The summed E-state index contributed by atoms with van der Waals surface area (Å²) in [5.41, 5.74) is 2.43. The third kappa shape index (κ3) is 1.89.